The summed E-state index contributed by atoms with van der Waals surface area (Å²) >= 11 is 0. The van der Waals surface area contributed by atoms with Gasteiger partial charge in [0.25, 0.3) is 5.91 Å². The minimum Gasteiger partial charge on any atom is -0.494 e. The monoisotopic (exact) mass is 496 g/mol. The van der Waals surface area contributed by atoms with Gasteiger partial charge in [0.15, 0.2) is 5.76 Å². The summed E-state index contributed by atoms with van der Waals surface area (Å²) < 4.78 is 48.3. The van der Waals surface area contributed by atoms with Gasteiger partial charge in [0, 0.05) is 18.9 Å². The second kappa shape index (κ2) is 9.15. The van der Waals surface area contributed by atoms with Gasteiger partial charge in [-0.25, -0.2) is 0 Å². The van der Waals surface area contributed by atoms with Gasteiger partial charge in [-0.15, -0.1) is 0 Å². The van der Waals surface area contributed by atoms with E-state index in [-0.39, 0.29) is 18.9 Å². The summed E-state index contributed by atoms with van der Waals surface area (Å²) in [6.45, 7) is 3.84. The minimum atomic E-state index is -4.18. The molecule has 1 aliphatic carbocycles. The highest BCUT2D eigenvalue weighted by atomic mass is 19.4. The molecule has 1 aliphatic heterocycles. The number of halogens is 3. The molecule has 1 aromatic heterocycles. The highest BCUT2D eigenvalue weighted by molar-refractivity contribution is 6.27. The molecule has 8 heteroatoms. The van der Waals surface area contributed by atoms with E-state index in [4.69, 9.17) is 9.26 Å². The number of fused-ring (bicyclic) bond motifs is 2. The van der Waals surface area contributed by atoms with Crippen molar-refractivity contribution in [2.75, 3.05) is 6.61 Å². The van der Waals surface area contributed by atoms with Crippen LogP contribution in [-0.2, 0) is 16.8 Å². The maximum absolute atomic E-state index is 13.6. The van der Waals surface area contributed by atoms with Gasteiger partial charge in [-0.1, -0.05) is 41.1 Å². The number of amides is 1. The highest BCUT2D eigenvalue weighted by Gasteiger charge is 2.46. The van der Waals surface area contributed by atoms with E-state index < -0.39 is 18.1 Å². The van der Waals surface area contributed by atoms with Crippen molar-refractivity contribution in [1.82, 2.24) is 10.5 Å². The van der Waals surface area contributed by atoms with Crippen molar-refractivity contribution < 1.29 is 27.2 Å². The summed E-state index contributed by atoms with van der Waals surface area (Å²) in [6, 6.07) is 15.4. The maximum atomic E-state index is 13.6. The fraction of sp³-hybridized carbons (Fsp3) is 0.357. The third-order valence-electron chi connectivity index (χ3n) is 6.92. The molecule has 0 fully saturated rings. The summed E-state index contributed by atoms with van der Waals surface area (Å²) in [4.78, 5) is 13.6. The summed E-state index contributed by atoms with van der Waals surface area (Å²) in [7, 11) is 0. The number of nitrogens with zero attached hydrogens (tertiary/aromatic N) is 1. The van der Waals surface area contributed by atoms with Crippen LogP contribution in [0, 0.1) is 13.8 Å². The molecule has 1 amide bonds. The van der Waals surface area contributed by atoms with Gasteiger partial charge in [0.05, 0.1) is 23.4 Å². The van der Waals surface area contributed by atoms with Gasteiger partial charge in [0.2, 0.25) is 0 Å². The van der Waals surface area contributed by atoms with E-state index in [1.54, 1.807) is 12.1 Å². The van der Waals surface area contributed by atoms with Crippen LogP contribution in [0.25, 0.3) is 11.1 Å². The number of hydrogen-bond donors (Lipinski definition) is 1. The van der Waals surface area contributed by atoms with Crippen molar-refractivity contribution in [2.24, 2.45) is 0 Å². The average molecular weight is 497 g/mol. The van der Waals surface area contributed by atoms with Crippen LogP contribution in [0.15, 0.2) is 53.1 Å². The first kappa shape index (κ1) is 24.2. The normalized spacial score (nSPS) is 19.5. The van der Waals surface area contributed by atoms with Gasteiger partial charge >= 0.3 is 6.18 Å². The first-order chi connectivity index (χ1) is 17.1. The lowest BCUT2D eigenvalue weighted by atomic mass is 9.77. The van der Waals surface area contributed by atoms with Gasteiger partial charge in [0.1, 0.15) is 5.75 Å². The molecular formula is C28H27F3N2O3. The average Bonchev–Trinajstić information content (AvgIpc) is 3.40. The number of hydrogen-bond acceptors (Lipinski definition) is 4. The number of aryl methyl sites for hydroxylation is 3. The zero-order valence-corrected chi connectivity index (χ0v) is 20.2. The second-order valence-electron chi connectivity index (χ2n) is 9.65. The molecule has 2 aromatic carbocycles. The van der Waals surface area contributed by atoms with E-state index in [0.717, 1.165) is 34.2 Å². The number of nitrogens with one attached hydrogen (secondary N) is 1. The highest BCUT2D eigenvalue weighted by Crippen LogP contribution is 2.48. The molecule has 1 N–H and O–H groups in total. The molecule has 0 bridgehead atoms. The molecule has 2 aliphatic rings. The topological polar surface area (TPSA) is 64.4 Å². The van der Waals surface area contributed by atoms with Gasteiger partial charge in [-0.3, -0.25) is 4.79 Å². The molecule has 36 heavy (non-hydrogen) atoms. The van der Waals surface area contributed by atoms with E-state index in [1.165, 1.54) is 0 Å². The van der Waals surface area contributed by atoms with Crippen molar-refractivity contribution in [3.63, 3.8) is 0 Å². The molecule has 5 nitrogen and oxygen atoms in total. The van der Waals surface area contributed by atoms with Crippen LogP contribution in [0.4, 0.5) is 13.2 Å². The second-order valence-corrected chi connectivity index (χ2v) is 9.65. The molecule has 188 valence electrons. The van der Waals surface area contributed by atoms with Crippen LogP contribution < -0.4 is 10.1 Å². The number of rotatable bonds is 6. The van der Waals surface area contributed by atoms with Crippen LogP contribution in [0.1, 0.15) is 59.4 Å². The third kappa shape index (κ3) is 4.76. The maximum Gasteiger partial charge on any atom is 0.389 e. The fourth-order valence-electron chi connectivity index (χ4n) is 5.19. The summed E-state index contributed by atoms with van der Waals surface area (Å²) in [5.41, 5.74) is 5.63. The summed E-state index contributed by atoms with van der Waals surface area (Å²) in [5, 5.41) is 7.24. The molecule has 1 spiro atoms. The predicted octanol–water partition coefficient (Wildman–Crippen LogP) is 6.29. The van der Waals surface area contributed by atoms with E-state index >= 15 is 0 Å². The Bertz CT molecular complexity index is 1320. The first-order valence-corrected chi connectivity index (χ1v) is 12.0. The van der Waals surface area contributed by atoms with Crippen molar-refractivity contribution >= 4 is 17.1 Å². The molecule has 2 heterocycles. The fourth-order valence-corrected chi connectivity index (χ4v) is 5.19. The first-order valence-electron chi connectivity index (χ1n) is 12.0. The zero-order chi connectivity index (χ0) is 25.5. The molecule has 0 saturated heterocycles. The zero-order valence-electron chi connectivity index (χ0n) is 20.2. The predicted molar refractivity (Wildman–Crippen MR) is 129 cm³/mol. The minimum absolute atomic E-state index is 0.000441. The van der Waals surface area contributed by atoms with Gasteiger partial charge in [-0.2, -0.15) is 13.2 Å². The summed E-state index contributed by atoms with van der Waals surface area (Å²) in [6.07, 6.45) is -3.12. The van der Waals surface area contributed by atoms with Crippen molar-refractivity contribution in [2.45, 2.75) is 57.7 Å². The van der Waals surface area contributed by atoms with Gasteiger partial charge < -0.3 is 14.6 Å². The van der Waals surface area contributed by atoms with Crippen LogP contribution in [0.3, 0.4) is 0 Å². The van der Waals surface area contributed by atoms with Crippen LogP contribution >= 0.6 is 0 Å². The van der Waals surface area contributed by atoms with E-state index in [9.17, 15) is 18.0 Å². The number of ether oxygens (including phenoxy) is 1. The Balaban J connectivity index is 1.46. The third-order valence-corrected chi connectivity index (χ3v) is 6.92. The lowest BCUT2D eigenvalue weighted by Crippen LogP contribution is -2.48. The molecule has 3 aromatic rings. The van der Waals surface area contributed by atoms with E-state index in [0.29, 0.717) is 35.6 Å². The van der Waals surface area contributed by atoms with Crippen molar-refractivity contribution in [1.29, 1.82) is 0 Å². The SMILES string of the molecule is Cc1ccc(C2=C(c3cc(C)no3)C(=O)N[C@@]3(CCc4cc(OCCCC(F)(F)F)ccc43)C2)cc1. The number of aromatic nitrogens is 1. The number of carbonyl (C=O) groups is 1. The Hall–Kier alpha value is -3.55. The van der Waals surface area contributed by atoms with Crippen molar-refractivity contribution in [3.05, 3.63) is 82.2 Å². The number of alkyl halides is 3. The Morgan fingerprint density at radius 1 is 1.11 bits per heavy atom. The molecule has 0 unspecified atom stereocenters. The standard InChI is InChI=1S/C28H27F3N2O3/c1-17-4-6-19(7-5-17)22-16-27(32-26(34)25(22)24-14-18(2)33-36-24)12-10-20-15-21(8-9-23(20)27)35-13-3-11-28(29,30)31/h4-9,14-15H,3,10-13,16H2,1-2H3,(H,32,34)/t27-/m0/s1. The Labute approximate surface area is 207 Å². The smallest absolute Gasteiger partial charge is 0.389 e. The van der Waals surface area contributed by atoms with Crippen LogP contribution in [-0.4, -0.2) is 23.8 Å². The van der Waals surface area contributed by atoms with Crippen LogP contribution in [0.5, 0.6) is 5.75 Å². The Morgan fingerprint density at radius 2 is 1.89 bits per heavy atom. The van der Waals surface area contributed by atoms with Crippen LogP contribution in [0.2, 0.25) is 0 Å². The Morgan fingerprint density at radius 3 is 2.58 bits per heavy atom. The molecule has 0 saturated carbocycles. The molecule has 1 atom stereocenters. The van der Waals surface area contributed by atoms with Gasteiger partial charge in [-0.05, 0) is 67.5 Å². The largest absolute Gasteiger partial charge is 0.494 e. The number of carbonyl (C=O) groups excluding carboxylic acids is 1. The molecule has 0 radical (unpaired) electrons. The Kier molecular flexibility index (Phi) is 6.14. The van der Waals surface area contributed by atoms with E-state index in [2.05, 4.69) is 10.5 Å². The van der Waals surface area contributed by atoms with E-state index in [1.807, 2.05) is 50.2 Å². The lowest BCUT2D eigenvalue weighted by molar-refractivity contribution is -0.136. The molecule has 5 rings (SSSR count). The summed E-state index contributed by atoms with van der Waals surface area (Å²) in [5.74, 6) is 0.770. The lowest BCUT2D eigenvalue weighted by Gasteiger charge is -2.37. The number of benzene rings is 2. The molecular weight excluding hydrogens is 469 g/mol. The van der Waals surface area contributed by atoms with Crippen molar-refractivity contribution in [3.8, 4) is 5.75 Å². The quantitative estimate of drug-likeness (QED) is 0.408.